The highest BCUT2D eigenvalue weighted by molar-refractivity contribution is 6.33. The Morgan fingerprint density at radius 3 is 2.80 bits per heavy atom. The Hall–Kier alpha value is -1.85. The minimum Gasteiger partial charge on any atom is -0.495 e. The fourth-order valence-corrected chi connectivity index (χ4v) is 1.91. The average Bonchev–Trinajstić information content (AvgIpc) is 2.41. The molecule has 2 aromatic rings. The fraction of sp³-hybridized carbons (Fsp3) is 0.0769. The van der Waals surface area contributed by atoms with Crippen molar-refractivity contribution in [1.82, 2.24) is 4.98 Å². The zero-order chi connectivity index (χ0) is 14.7. The van der Waals surface area contributed by atoms with Gasteiger partial charge in [-0.05, 0) is 24.3 Å². The Morgan fingerprint density at radius 2 is 2.10 bits per heavy atom. The van der Waals surface area contributed by atoms with Crippen LogP contribution in [-0.2, 0) is 0 Å². The van der Waals surface area contributed by atoms with Gasteiger partial charge in [0.25, 0.3) is 5.91 Å². The van der Waals surface area contributed by atoms with Crippen LogP contribution in [-0.4, -0.2) is 18.0 Å². The third-order valence-corrected chi connectivity index (χ3v) is 3.00. The van der Waals surface area contributed by atoms with Crippen LogP contribution in [0.25, 0.3) is 0 Å². The van der Waals surface area contributed by atoms with Crippen LogP contribution in [0.3, 0.4) is 0 Å². The van der Waals surface area contributed by atoms with E-state index in [4.69, 9.17) is 27.9 Å². The van der Waals surface area contributed by atoms with Crippen LogP contribution in [0.4, 0.5) is 10.1 Å². The lowest BCUT2D eigenvalue weighted by atomic mass is 10.2. The maximum absolute atomic E-state index is 13.1. The number of nitrogens with zero attached hydrogens (tertiary/aromatic N) is 1. The molecule has 0 saturated carbocycles. The van der Waals surface area contributed by atoms with E-state index in [2.05, 4.69) is 10.3 Å². The number of nitrogens with one attached hydrogen (secondary N) is 1. The predicted octanol–water partition coefficient (Wildman–Crippen LogP) is 3.79. The molecular weight excluding hydrogens is 306 g/mol. The lowest BCUT2D eigenvalue weighted by molar-refractivity contribution is 0.102. The first-order valence-electron chi connectivity index (χ1n) is 5.47. The summed E-state index contributed by atoms with van der Waals surface area (Å²) in [7, 11) is 1.45. The molecule has 104 valence electrons. The fourth-order valence-electron chi connectivity index (χ4n) is 1.55. The summed E-state index contributed by atoms with van der Waals surface area (Å²) in [5, 5.41) is 2.88. The van der Waals surface area contributed by atoms with Gasteiger partial charge in [-0.25, -0.2) is 9.37 Å². The van der Waals surface area contributed by atoms with Gasteiger partial charge in [-0.15, -0.1) is 0 Å². The number of amides is 1. The molecule has 0 bridgehead atoms. The molecule has 0 unspecified atom stereocenters. The van der Waals surface area contributed by atoms with Crippen LogP contribution >= 0.6 is 23.2 Å². The molecule has 0 aliphatic heterocycles. The maximum atomic E-state index is 13.1. The summed E-state index contributed by atoms with van der Waals surface area (Å²) in [6.45, 7) is 0. The zero-order valence-corrected chi connectivity index (χ0v) is 11.8. The van der Waals surface area contributed by atoms with E-state index in [9.17, 15) is 9.18 Å². The van der Waals surface area contributed by atoms with E-state index in [0.29, 0.717) is 16.5 Å². The summed E-state index contributed by atoms with van der Waals surface area (Å²) in [6, 6.07) is 5.73. The van der Waals surface area contributed by atoms with Gasteiger partial charge in [0.1, 0.15) is 16.7 Å². The summed E-state index contributed by atoms with van der Waals surface area (Å²) < 4.78 is 18.2. The summed E-state index contributed by atoms with van der Waals surface area (Å²) in [5.74, 6) is -0.844. The number of anilines is 1. The largest absolute Gasteiger partial charge is 0.495 e. The van der Waals surface area contributed by atoms with Crippen LogP contribution in [0.5, 0.6) is 5.75 Å². The number of hydrogen-bond acceptors (Lipinski definition) is 3. The molecule has 7 heteroatoms. The number of benzene rings is 1. The molecule has 0 spiro atoms. The third-order valence-electron chi connectivity index (χ3n) is 2.46. The van der Waals surface area contributed by atoms with Crippen molar-refractivity contribution in [1.29, 1.82) is 0 Å². The normalized spacial score (nSPS) is 10.2. The minimum absolute atomic E-state index is 0.0753. The lowest BCUT2D eigenvalue weighted by Crippen LogP contribution is -2.14. The topological polar surface area (TPSA) is 51.2 Å². The Balaban J connectivity index is 2.32. The number of carbonyl (C=O) groups is 1. The summed E-state index contributed by atoms with van der Waals surface area (Å²) in [6.07, 6.45) is 0.930. The second kappa shape index (κ2) is 6.07. The van der Waals surface area contributed by atoms with Gasteiger partial charge in [-0.2, -0.15) is 0 Å². The van der Waals surface area contributed by atoms with Gasteiger partial charge in [-0.3, -0.25) is 4.79 Å². The Bertz CT molecular complexity index is 665. The molecule has 1 N–H and O–H groups in total. The van der Waals surface area contributed by atoms with Crippen molar-refractivity contribution < 1.29 is 13.9 Å². The van der Waals surface area contributed by atoms with Crippen LogP contribution in [0.1, 0.15) is 10.4 Å². The highest BCUT2D eigenvalue weighted by atomic mass is 35.5. The van der Waals surface area contributed by atoms with Gasteiger partial charge >= 0.3 is 0 Å². The monoisotopic (exact) mass is 314 g/mol. The van der Waals surface area contributed by atoms with E-state index in [0.717, 1.165) is 12.3 Å². The number of rotatable bonds is 3. The number of halogens is 3. The highest BCUT2D eigenvalue weighted by Gasteiger charge is 2.15. The molecule has 1 amide bonds. The van der Waals surface area contributed by atoms with Crippen molar-refractivity contribution in [3.05, 3.63) is 52.0 Å². The maximum Gasteiger partial charge on any atom is 0.259 e. The molecule has 0 aliphatic rings. The van der Waals surface area contributed by atoms with Gasteiger partial charge in [0.05, 0.1) is 24.6 Å². The van der Waals surface area contributed by atoms with E-state index in [1.54, 1.807) is 12.1 Å². The number of hydrogen-bond donors (Lipinski definition) is 1. The predicted molar refractivity (Wildman–Crippen MR) is 75.2 cm³/mol. The lowest BCUT2D eigenvalue weighted by Gasteiger charge is -2.11. The van der Waals surface area contributed by atoms with E-state index >= 15 is 0 Å². The van der Waals surface area contributed by atoms with Gasteiger partial charge in [0.15, 0.2) is 0 Å². The van der Waals surface area contributed by atoms with Crippen molar-refractivity contribution in [3.8, 4) is 5.75 Å². The quantitative estimate of drug-likeness (QED) is 0.877. The first-order chi connectivity index (χ1) is 9.51. The SMILES string of the molecule is COc1ccc(Cl)cc1NC(=O)c1cc(F)cnc1Cl. The van der Waals surface area contributed by atoms with Crippen LogP contribution in [0.2, 0.25) is 10.2 Å². The first kappa shape index (κ1) is 14.6. The Kier molecular flexibility index (Phi) is 4.42. The van der Waals surface area contributed by atoms with Gasteiger partial charge in [0.2, 0.25) is 0 Å². The molecule has 0 saturated heterocycles. The van der Waals surface area contributed by atoms with Gasteiger partial charge in [0, 0.05) is 5.02 Å². The Labute approximate surface area is 124 Å². The molecule has 2 rings (SSSR count). The minimum atomic E-state index is -0.655. The van der Waals surface area contributed by atoms with E-state index < -0.39 is 11.7 Å². The van der Waals surface area contributed by atoms with Gasteiger partial charge in [-0.1, -0.05) is 23.2 Å². The molecule has 1 aromatic heterocycles. The Morgan fingerprint density at radius 1 is 1.35 bits per heavy atom. The van der Waals surface area contributed by atoms with Crippen molar-refractivity contribution in [2.75, 3.05) is 12.4 Å². The second-order valence-corrected chi connectivity index (χ2v) is 4.59. The zero-order valence-electron chi connectivity index (χ0n) is 10.3. The molecule has 1 aromatic carbocycles. The standard InChI is InChI=1S/C13H9Cl2FN2O2/c1-20-11-3-2-7(14)4-10(11)18-13(19)9-5-8(16)6-17-12(9)15/h2-6H,1H3,(H,18,19). The molecule has 0 fully saturated rings. The molecule has 20 heavy (non-hydrogen) atoms. The third kappa shape index (κ3) is 3.18. The number of pyridine rings is 1. The van der Waals surface area contributed by atoms with E-state index in [1.807, 2.05) is 0 Å². The van der Waals surface area contributed by atoms with Crippen molar-refractivity contribution >= 4 is 34.8 Å². The van der Waals surface area contributed by atoms with Gasteiger partial charge < -0.3 is 10.1 Å². The van der Waals surface area contributed by atoms with E-state index in [-0.39, 0.29) is 10.7 Å². The second-order valence-electron chi connectivity index (χ2n) is 3.79. The van der Waals surface area contributed by atoms with E-state index in [1.165, 1.54) is 13.2 Å². The summed E-state index contributed by atoms with van der Waals surface area (Å²) >= 11 is 11.6. The van der Waals surface area contributed by atoms with Crippen molar-refractivity contribution in [3.63, 3.8) is 0 Å². The molecule has 0 radical (unpaired) electrons. The van der Waals surface area contributed by atoms with Crippen LogP contribution in [0.15, 0.2) is 30.5 Å². The number of methoxy groups -OCH3 is 1. The molecular formula is C13H9Cl2FN2O2. The first-order valence-corrected chi connectivity index (χ1v) is 6.23. The summed E-state index contributed by atoms with van der Waals surface area (Å²) in [5.41, 5.74) is 0.277. The molecule has 0 aliphatic carbocycles. The smallest absolute Gasteiger partial charge is 0.259 e. The highest BCUT2D eigenvalue weighted by Crippen LogP contribution is 2.28. The van der Waals surface area contributed by atoms with Crippen LogP contribution in [0, 0.1) is 5.82 Å². The van der Waals surface area contributed by atoms with Crippen molar-refractivity contribution in [2.24, 2.45) is 0 Å². The molecule has 4 nitrogen and oxygen atoms in total. The number of aromatic nitrogens is 1. The van der Waals surface area contributed by atoms with Crippen LogP contribution < -0.4 is 10.1 Å². The number of ether oxygens (including phenoxy) is 1. The molecule has 0 atom stereocenters. The van der Waals surface area contributed by atoms with Crippen molar-refractivity contribution in [2.45, 2.75) is 0 Å². The summed E-state index contributed by atoms with van der Waals surface area (Å²) in [4.78, 5) is 15.6. The molecule has 1 heterocycles. The number of carbonyl (C=O) groups excluding carboxylic acids is 1. The average molecular weight is 315 g/mol.